The summed E-state index contributed by atoms with van der Waals surface area (Å²) in [5.74, 6) is -2.11. The average molecular weight is 471 g/mol. The molecule has 0 bridgehead atoms. The fourth-order valence-electron chi connectivity index (χ4n) is 3.97. The molecule has 180 valence electrons. The Kier molecular flexibility index (Phi) is 7.20. The first-order chi connectivity index (χ1) is 16.4. The summed E-state index contributed by atoms with van der Waals surface area (Å²) in [5.41, 5.74) is 1.81. The molecule has 4 rings (SSSR count). The summed E-state index contributed by atoms with van der Waals surface area (Å²) in [6.07, 6.45) is -2.72. The molecular weight excluding hydrogens is 445 g/mol. The second kappa shape index (κ2) is 10.3. The van der Waals surface area contributed by atoms with E-state index in [9.17, 15) is 23.9 Å². The number of hydrogen-bond donors (Lipinski definition) is 2. The van der Waals surface area contributed by atoms with Crippen molar-refractivity contribution in [2.45, 2.75) is 25.6 Å². The smallest absolute Gasteiger partial charge is 0.259 e. The Hall–Kier alpha value is -3.34. The number of benzene rings is 2. The number of nitrogens with one attached hydrogen (secondary N) is 1. The van der Waals surface area contributed by atoms with Gasteiger partial charge in [-0.1, -0.05) is 19.1 Å². The summed E-state index contributed by atoms with van der Waals surface area (Å²) in [5, 5.41) is 13.0. The largest absolute Gasteiger partial charge is 0.380 e. The molecule has 0 saturated carbocycles. The summed E-state index contributed by atoms with van der Waals surface area (Å²) in [4.78, 5) is 40.9. The van der Waals surface area contributed by atoms with Gasteiger partial charge in [-0.2, -0.15) is 0 Å². The number of aliphatic hydroxyl groups excluding tert-OH is 1. The van der Waals surface area contributed by atoms with E-state index >= 15 is 0 Å². The van der Waals surface area contributed by atoms with Crippen LogP contribution in [0.4, 0.5) is 21.5 Å². The lowest BCUT2D eigenvalue weighted by Gasteiger charge is -2.35. The van der Waals surface area contributed by atoms with Crippen molar-refractivity contribution in [3.63, 3.8) is 0 Å². The van der Waals surface area contributed by atoms with Gasteiger partial charge in [0, 0.05) is 30.2 Å². The lowest BCUT2D eigenvalue weighted by Crippen LogP contribution is -2.55. The van der Waals surface area contributed by atoms with Crippen molar-refractivity contribution in [3.8, 4) is 0 Å². The molecule has 2 aromatic carbocycles. The van der Waals surface area contributed by atoms with Crippen LogP contribution in [-0.2, 0) is 30.3 Å². The van der Waals surface area contributed by atoms with Crippen molar-refractivity contribution in [3.05, 3.63) is 53.8 Å². The molecule has 2 heterocycles. The molecule has 2 fully saturated rings. The van der Waals surface area contributed by atoms with E-state index in [1.165, 1.54) is 11.0 Å². The molecule has 2 aromatic rings. The van der Waals surface area contributed by atoms with E-state index in [2.05, 4.69) is 5.32 Å². The molecule has 2 aliphatic rings. The summed E-state index contributed by atoms with van der Waals surface area (Å²) in [6, 6.07) is 11.1. The molecule has 0 aliphatic carbocycles. The number of nitrogens with zero attached hydrogens (tertiary/aromatic N) is 2. The topological polar surface area (TPSA) is 108 Å². The van der Waals surface area contributed by atoms with Crippen LogP contribution in [0.5, 0.6) is 0 Å². The van der Waals surface area contributed by atoms with Crippen LogP contribution in [0, 0.1) is 5.82 Å². The maximum Gasteiger partial charge on any atom is 0.259 e. The molecule has 0 aromatic heterocycles. The van der Waals surface area contributed by atoms with Gasteiger partial charge in [-0.05, 0) is 42.3 Å². The summed E-state index contributed by atoms with van der Waals surface area (Å²) >= 11 is 0. The van der Waals surface area contributed by atoms with Crippen molar-refractivity contribution in [1.29, 1.82) is 0 Å². The molecule has 2 atom stereocenters. The molecule has 0 unspecified atom stereocenters. The standard InChI is InChI=1S/C24H26FN3O6/c1-2-15-6-7-16(12-19(15)25)26-23(31)21(30)22-24(32)28(9-11-34-22)18-5-3-4-17(13-18)27-8-10-33-14-20(27)29/h3-7,12-13,21-22,30H,2,8-11,14H2,1H3,(H,26,31)/t21-,22-/m1/s1. The minimum Gasteiger partial charge on any atom is -0.380 e. The summed E-state index contributed by atoms with van der Waals surface area (Å²) in [6.45, 7) is 2.94. The number of carbonyl (C=O) groups is 3. The molecule has 0 radical (unpaired) electrons. The van der Waals surface area contributed by atoms with Gasteiger partial charge in [0.1, 0.15) is 12.4 Å². The van der Waals surface area contributed by atoms with E-state index in [1.807, 2.05) is 6.92 Å². The number of amides is 3. The number of carbonyl (C=O) groups excluding carboxylic acids is 3. The van der Waals surface area contributed by atoms with Crippen LogP contribution in [0.3, 0.4) is 0 Å². The molecule has 3 amide bonds. The Morgan fingerprint density at radius 3 is 2.59 bits per heavy atom. The van der Waals surface area contributed by atoms with Crippen LogP contribution >= 0.6 is 0 Å². The molecule has 0 spiro atoms. The zero-order valence-electron chi connectivity index (χ0n) is 18.7. The number of aliphatic hydroxyl groups is 1. The predicted octanol–water partition coefficient (Wildman–Crippen LogP) is 1.48. The second-order valence-corrected chi connectivity index (χ2v) is 7.99. The first kappa shape index (κ1) is 23.8. The third-order valence-electron chi connectivity index (χ3n) is 5.82. The maximum absolute atomic E-state index is 14.0. The maximum atomic E-state index is 14.0. The molecule has 2 aliphatic heterocycles. The highest BCUT2D eigenvalue weighted by Crippen LogP contribution is 2.27. The quantitative estimate of drug-likeness (QED) is 0.661. The minimum atomic E-state index is -1.80. The van der Waals surface area contributed by atoms with Crippen LogP contribution in [-0.4, -0.2) is 67.9 Å². The van der Waals surface area contributed by atoms with Gasteiger partial charge in [-0.3, -0.25) is 14.4 Å². The molecule has 2 N–H and O–H groups in total. The highest BCUT2D eigenvalue weighted by Gasteiger charge is 2.39. The van der Waals surface area contributed by atoms with Crippen molar-refractivity contribution in [2.75, 3.05) is 48.0 Å². The van der Waals surface area contributed by atoms with E-state index < -0.39 is 29.8 Å². The minimum absolute atomic E-state index is 0.00480. The monoisotopic (exact) mass is 471 g/mol. The first-order valence-electron chi connectivity index (χ1n) is 11.1. The number of halogens is 1. The number of anilines is 3. The van der Waals surface area contributed by atoms with E-state index in [-0.39, 0.29) is 31.4 Å². The van der Waals surface area contributed by atoms with Gasteiger partial charge in [0.05, 0.1) is 13.2 Å². The highest BCUT2D eigenvalue weighted by atomic mass is 19.1. The van der Waals surface area contributed by atoms with Crippen molar-refractivity contribution in [1.82, 2.24) is 0 Å². The Morgan fingerprint density at radius 2 is 1.88 bits per heavy atom. The van der Waals surface area contributed by atoms with E-state index in [0.29, 0.717) is 36.5 Å². The van der Waals surface area contributed by atoms with E-state index in [4.69, 9.17) is 9.47 Å². The van der Waals surface area contributed by atoms with Crippen LogP contribution in [0.15, 0.2) is 42.5 Å². The van der Waals surface area contributed by atoms with Gasteiger partial charge in [-0.15, -0.1) is 0 Å². The molecule has 2 saturated heterocycles. The fourth-order valence-corrected chi connectivity index (χ4v) is 3.97. The van der Waals surface area contributed by atoms with Gasteiger partial charge in [0.15, 0.2) is 12.2 Å². The zero-order valence-corrected chi connectivity index (χ0v) is 18.7. The molecule has 9 nitrogen and oxygen atoms in total. The SMILES string of the molecule is CCc1ccc(NC(=O)[C@H](O)[C@H]2OCCN(c3cccc(N4CCOCC4=O)c3)C2=O)cc1F. The Bertz CT molecular complexity index is 1090. The van der Waals surface area contributed by atoms with Crippen molar-refractivity contribution >= 4 is 34.8 Å². The molecule has 34 heavy (non-hydrogen) atoms. The summed E-state index contributed by atoms with van der Waals surface area (Å²) < 4.78 is 24.6. The van der Waals surface area contributed by atoms with Gasteiger partial charge >= 0.3 is 0 Å². The number of rotatable bonds is 6. The predicted molar refractivity (Wildman–Crippen MR) is 122 cm³/mol. The van der Waals surface area contributed by atoms with Crippen LogP contribution in [0.2, 0.25) is 0 Å². The van der Waals surface area contributed by atoms with Crippen LogP contribution in [0.25, 0.3) is 0 Å². The summed E-state index contributed by atoms with van der Waals surface area (Å²) in [7, 11) is 0. The van der Waals surface area contributed by atoms with E-state index in [0.717, 1.165) is 6.07 Å². The Balaban J connectivity index is 1.47. The fraction of sp³-hybridized carbons (Fsp3) is 0.375. The van der Waals surface area contributed by atoms with Crippen molar-refractivity contribution < 1.29 is 33.4 Å². The Labute approximate surface area is 196 Å². The number of aryl methyl sites for hydroxylation is 1. The van der Waals surface area contributed by atoms with Gasteiger partial charge < -0.3 is 29.7 Å². The van der Waals surface area contributed by atoms with Gasteiger partial charge in [0.2, 0.25) is 0 Å². The highest BCUT2D eigenvalue weighted by molar-refractivity contribution is 6.04. The zero-order chi connectivity index (χ0) is 24.2. The van der Waals surface area contributed by atoms with Crippen LogP contribution < -0.4 is 15.1 Å². The Morgan fingerprint density at radius 1 is 1.15 bits per heavy atom. The number of hydrogen-bond acceptors (Lipinski definition) is 6. The number of morpholine rings is 2. The lowest BCUT2D eigenvalue weighted by atomic mass is 10.1. The normalized spacial score (nSPS) is 19.8. The van der Waals surface area contributed by atoms with Gasteiger partial charge in [-0.25, -0.2) is 4.39 Å². The third kappa shape index (κ3) is 4.93. The van der Waals surface area contributed by atoms with Crippen LogP contribution in [0.1, 0.15) is 12.5 Å². The lowest BCUT2D eigenvalue weighted by molar-refractivity contribution is -0.150. The average Bonchev–Trinajstić information content (AvgIpc) is 2.84. The molecule has 10 heteroatoms. The first-order valence-corrected chi connectivity index (χ1v) is 11.1. The van der Waals surface area contributed by atoms with E-state index in [1.54, 1.807) is 35.2 Å². The second-order valence-electron chi connectivity index (χ2n) is 7.99. The van der Waals surface area contributed by atoms with Gasteiger partial charge in [0.25, 0.3) is 17.7 Å². The molecular formula is C24H26FN3O6. The third-order valence-corrected chi connectivity index (χ3v) is 5.82. The number of ether oxygens (including phenoxy) is 2. The van der Waals surface area contributed by atoms with Crippen molar-refractivity contribution in [2.24, 2.45) is 0 Å².